The Hall–Kier alpha value is -2.21. The Morgan fingerprint density at radius 3 is 3.00 bits per heavy atom. The molecule has 1 N–H and O–H groups in total. The molecule has 1 amide bonds. The van der Waals surface area contributed by atoms with Gasteiger partial charge in [0.1, 0.15) is 5.76 Å². The number of hydrogen-bond acceptors (Lipinski definition) is 5. The SMILES string of the molecule is Cc1noc(C)c1CNC(=O)C1CCCCN1Cc1cccnc1. The van der Waals surface area contributed by atoms with Crippen LogP contribution in [0.3, 0.4) is 0 Å². The fourth-order valence-electron chi connectivity index (χ4n) is 3.25. The van der Waals surface area contributed by atoms with Gasteiger partial charge in [-0.2, -0.15) is 0 Å². The van der Waals surface area contributed by atoms with E-state index in [1.54, 1.807) is 6.20 Å². The first-order valence-corrected chi connectivity index (χ1v) is 8.47. The van der Waals surface area contributed by atoms with Gasteiger partial charge in [0.15, 0.2) is 0 Å². The monoisotopic (exact) mass is 328 g/mol. The lowest BCUT2D eigenvalue weighted by Gasteiger charge is -2.34. The number of hydrogen-bond donors (Lipinski definition) is 1. The molecule has 1 unspecified atom stereocenters. The second kappa shape index (κ2) is 7.57. The fraction of sp³-hybridized carbons (Fsp3) is 0.500. The van der Waals surface area contributed by atoms with E-state index in [-0.39, 0.29) is 11.9 Å². The summed E-state index contributed by atoms with van der Waals surface area (Å²) >= 11 is 0. The van der Waals surface area contributed by atoms with Gasteiger partial charge in [0.05, 0.1) is 11.7 Å². The Balaban J connectivity index is 1.63. The van der Waals surface area contributed by atoms with E-state index in [1.807, 2.05) is 26.1 Å². The molecule has 1 aliphatic rings. The van der Waals surface area contributed by atoms with Crippen LogP contribution in [0.25, 0.3) is 0 Å². The van der Waals surface area contributed by atoms with Crippen molar-refractivity contribution in [3.8, 4) is 0 Å². The van der Waals surface area contributed by atoms with Gasteiger partial charge in [-0.3, -0.25) is 14.7 Å². The van der Waals surface area contributed by atoms with E-state index >= 15 is 0 Å². The number of amides is 1. The summed E-state index contributed by atoms with van der Waals surface area (Å²) in [6.07, 6.45) is 6.76. The van der Waals surface area contributed by atoms with Gasteiger partial charge in [0.25, 0.3) is 0 Å². The van der Waals surface area contributed by atoms with Gasteiger partial charge in [-0.15, -0.1) is 0 Å². The number of aromatic nitrogens is 2. The van der Waals surface area contributed by atoms with E-state index in [9.17, 15) is 4.79 Å². The lowest BCUT2D eigenvalue weighted by Crippen LogP contribution is -2.48. The zero-order valence-electron chi connectivity index (χ0n) is 14.3. The molecule has 1 fully saturated rings. The maximum Gasteiger partial charge on any atom is 0.237 e. The normalized spacial score (nSPS) is 18.5. The van der Waals surface area contributed by atoms with Gasteiger partial charge in [-0.05, 0) is 44.9 Å². The lowest BCUT2D eigenvalue weighted by molar-refractivity contribution is -0.128. The molecule has 0 spiro atoms. The summed E-state index contributed by atoms with van der Waals surface area (Å²) in [6.45, 7) is 5.94. The van der Waals surface area contributed by atoms with Crippen LogP contribution >= 0.6 is 0 Å². The van der Waals surface area contributed by atoms with E-state index < -0.39 is 0 Å². The van der Waals surface area contributed by atoms with Crippen LogP contribution < -0.4 is 5.32 Å². The number of piperidine rings is 1. The molecule has 1 saturated heterocycles. The molecule has 2 aromatic heterocycles. The Labute approximate surface area is 142 Å². The number of rotatable bonds is 5. The number of aryl methyl sites for hydroxylation is 2. The molecule has 0 aliphatic carbocycles. The highest BCUT2D eigenvalue weighted by Gasteiger charge is 2.28. The zero-order valence-corrected chi connectivity index (χ0v) is 14.3. The standard InChI is InChI=1S/C18H24N4O2/c1-13-16(14(2)24-21-13)11-20-18(23)17-7-3-4-9-22(17)12-15-6-5-8-19-10-15/h5-6,8,10,17H,3-4,7,9,11-12H2,1-2H3,(H,20,23). The van der Waals surface area contributed by atoms with Gasteiger partial charge in [-0.1, -0.05) is 17.6 Å². The number of carbonyl (C=O) groups is 1. The largest absolute Gasteiger partial charge is 0.361 e. The first-order valence-electron chi connectivity index (χ1n) is 8.47. The topological polar surface area (TPSA) is 71.3 Å². The number of carbonyl (C=O) groups excluding carboxylic acids is 1. The Morgan fingerprint density at radius 2 is 2.29 bits per heavy atom. The van der Waals surface area contributed by atoms with Crippen LogP contribution in [0.2, 0.25) is 0 Å². The first-order chi connectivity index (χ1) is 11.6. The third-order valence-corrected chi connectivity index (χ3v) is 4.65. The van der Waals surface area contributed by atoms with Crippen molar-refractivity contribution in [3.05, 3.63) is 47.1 Å². The molecule has 0 saturated carbocycles. The average molecular weight is 328 g/mol. The van der Waals surface area contributed by atoms with Crippen LogP contribution in [-0.2, 0) is 17.9 Å². The molecular formula is C18H24N4O2. The molecule has 2 aromatic rings. The number of nitrogens with one attached hydrogen (secondary N) is 1. The van der Waals surface area contributed by atoms with Crippen LogP contribution in [0, 0.1) is 13.8 Å². The highest BCUT2D eigenvalue weighted by atomic mass is 16.5. The first kappa shape index (κ1) is 16.6. The highest BCUT2D eigenvalue weighted by Crippen LogP contribution is 2.20. The van der Waals surface area contributed by atoms with Crippen molar-refractivity contribution in [2.24, 2.45) is 0 Å². The smallest absolute Gasteiger partial charge is 0.237 e. The molecule has 0 bridgehead atoms. The minimum absolute atomic E-state index is 0.0820. The molecule has 0 radical (unpaired) electrons. The van der Waals surface area contributed by atoms with Gasteiger partial charge >= 0.3 is 0 Å². The summed E-state index contributed by atoms with van der Waals surface area (Å²) in [5.41, 5.74) is 2.95. The minimum Gasteiger partial charge on any atom is -0.361 e. The Morgan fingerprint density at radius 1 is 1.42 bits per heavy atom. The maximum absolute atomic E-state index is 12.7. The van der Waals surface area contributed by atoms with E-state index in [4.69, 9.17) is 4.52 Å². The molecular weight excluding hydrogens is 304 g/mol. The molecule has 1 atom stereocenters. The van der Waals surface area contributed by atoms with Gasteiger partial charge in [-0.25, -0.2) is 0 Å². The summed E-state index contributed by atoms with van der Waals surface area (Å²) < 4.78 is 5.15. The van der Waals surface area contributed by atoms with Crippen LogP contribution in [0.15, 0.2) is 29.0 Å². The van der Waals surface area contributed by atoms with Gasteiger partial charge in [0.2, 0.25) is 5.91 Å². The summed E-state index contributed by atoms with van der Waals surface area (Å²) in [4.78, 5) is 19.1. The van der Waals surface area contributed by atoms with Gasteiger partial charge < -0.3 is 9.84 Å². The van der Waals surface area contributed by atoms with Crippen molar-refractivity contribution < 1.29 is 9.32 Å². The molecule has 1 aliphatic heterocycles. The van der Waals surface area contributed by atoms with Crippen molar-refractivity contribution in [3.63, 3.8) is 0 Å². The minimum atomic E-state index is -0.0839. The molecule has 0 aromatic carbocycles. The summed E-state index contributed by atoms with van der Waals surface area (Å²) in [5.74, 6) is 0.849. The average Bonchev–Trinajstić information content (AvgIpc) is 2.92. The van der Waals surface area contributed by atoms with Crippen molar-refractivity contribution in [1.82, 2.24) is 20.4 Å². The lowest BCUT2D eigenvalue weighted by atomic mass is 10.0. The third-order valence-electron chi connectivity index (χ3n) is 4.65. The van der Waals surface area contributed by atoms with Crippen molar-refractivity contribution >= 4 is 5.91 Å². The molecule has 128 valence electrons. The van der Waals surface area contributed by atoms with Gasteiger partial charge in [0, 0.05) is 31.0 Å². The van der Waals surface area contributed by atoms with Crippen LogP contribution in [0.1, 0.15) is 41.8 Å². The summed E-state index contributed by atoms with van der Waals surface area (Å²) in [7, 11) is 0. The number of nitrogens with zero attached hydrogens (tertiary/aromatic N) is 3. The second-order valence-electron chi connectivity index (χ2n) is 6.36. The Kier molecular flexibility index (Phi) is 5.25. The van der Waals surface area contributed by atoms with Crippen molar-refractivity contribution in [2.75, 3.05) is 6.54 Å². The Bertz CT molecular complexity index is 664. The van der Waals surface area contributed by atoms with Crippen LogP contribution in [-0.4, -0.2) is 33.5 Å². The van der Waals surface area contributed by atoms with Crippen molar-refractivity contribution in [2.45, 2.75) is 52.2 Å². The van der Waals surface area contributed by atoms with Crippen LogP contribution in [0.4, 0.5) is 0 Å². The van der Waals surface area contributed by atoms with E-state index in [2.05, 4.69) is 26.4 Å². The predicted molar refractivity (Wildman–Crippen MR) is 90.1 cm³/mol. The maximum atomic E-state index is 12.7. The summed E-state index contributed by atoms with van der Waals surface area (Å²) in [6, 6.07) is 3.91. The van der Waals surface area contributed by atoms with Crippen molar-refractivity contribution in [1.29, 1.82) is 0 Å². The zero-order chi connectivity index (χ0) is 16.9. The van der Waals surface area contributed by atoms with Crippen LogP contribution in [0.5, 0.6) is 0 Å². The third kappa shape index (κ3) is 3.82. The highest BCUT2D eigenvalue weighted by molar-refractivity contribution is 5.81. The molecule has 3 heterocycles. The fourth-order valence-corrected chi connectivity index (χ4v) is 3.25. The quantitative estimate of drug-likeness (QED) is 0.912. The predicted octanol–water partition coefficient (Wildman–Crippen LogP) is 2.36. The molecule has 6 heteroatoms. The molecule has 6 nitrogen and oxygen atoms in total. The number of likely N-dealkylation sites (tertiary alicyclic amines) is 1. The summed E-state index contributed by atoms with van der Waals surface area (Å²) in [5, 5.41) is 6.99. The van der Waals surface area contributed by atoms with E-state index in [1.165, 1.54) is 0 Å². The number of pyridine rings is 1. The molecule has 24 heavy (non-hydrogen) atoms. The second-order valence-corrected chi connectivity index (χ2v) is 6.36. The van der Waals surface area contributed by atoms with E-state index in [0.717, 1.165) is 54.9 Å². The molecule has 3 rings (SSSR count). The van der Waals surface area contributed by atoms with E-state index in [0.29, 0.717) is 6.54 Å².